The van der Waals surface area contributed by atoms with E-state index in [4.69, 9.17) is 4.74 Å². The van der Waals surface area contributed by atoms with Crippen LogP contribution in [0.3, 0.4) is 0 Å². The number of carbonyl (C=O) groups excluding carboxylic acids is 1. The molecule has 0 aliphatic carbocycles. The Labute approximate surface area is 66.9 Å². The minimum Gasteiger partial charge on any atom is -0.364 e. The van der Waals surface area contributed by atoms with Crippen molar-refractivity contribution in [3.8, 4) is 0 Å². The van der Waals surface area contributed by atoms with Crippen LogP contribution in [-0.2, 0) is 9.53 Å². The Morgan fingerprint density at radius 1 is 1.55 bits per heavy atom. The maximum absolute atomic E-state index is 11.2. The lowest BCUT2D eigenvalue weighted by Crippen LogP contribution is -2.46. The summed E-state index contributed by atoms with van der Waals surface area (Å²) >= 11 is 0. The minimum atomic E-state index is -0.0532. The number of ketones is 1. The normalized spacial score (nSPS) is 44.1. The fourth-order valence-electron chi connectivity index (χ4n) is 2.08. The Kier molecular flexibility index (Phi) is 1.53. The van der Waals surface area contributed by atoms with Gasteiger partial charge in [-0.25, -0.2) is 0 Å². The van der Waals surface area contributed by atoms with Crippen molar-refractivity contribution in [1.82, 2.24) is 0 Å². The van der Waals surface area contributed by atoms with Gasteiger partial charge in [0.05, 0.1) is 5.60 Å². The first-order chi connectivity index (χ1) is 5.20. The second-order valence-corrected chi connectivity index (χ2v) is 3.91. The van der Waals surface area contributed by atoms with Gasteiger partial charge in [0.1, 0.15) is 6.10 Å². The van der Waals surface area contributed by atoms with Gasteiger partial charge in [-0.3, -0.25) is 4.79 Å². The molecule has 0 spiro atoms. The lowest BCUT2D eigenvalue weighted by Gasteiger charge is -2.42. The topological polar surface area (TPSA) is 26.3 Å². The average molecular weight is 154 g/mol. The highest BCUT2D eigenvalue weighted by molar-refractivity contribution is 5.84. The molecule has 0 amide bonds. The Morgan fingerprint density at radius 3 is 3.09 bits per heavy atom. The fraction of sp³-hybridized carbons (Fsp3) is 0.889. The van der Waals surface area contributed by atoms with Crippen molar-refractivity contribution in [2.24, 2.45) is 0 Å². The van der Waals surface area contributed by atoms with Crippen molar-refractivity contribution >= 4 is 5.78 Å². The van der Waals surface area contributed by atoms with Crippen molar-refractivity contribution in [2.45, 2.75) is 50.7 Å². The van der Waals surface area contributed by atoms with Crippen LogP contribution in [0.2, 0.25) is 0 Å². The predicted molar refractivity (Wildman–Crippen MR) is 41.4 cm³/mol. The lowest BCUT2D eigenvalue weighted by molar-refractivity contribution is -0.170. The first-order valence-electron chi connectivity index (χ1n) is 4.40. The van der Waals surface area contributed by atoms with Gasteiger partial charge < -0.3 is 4.74 Å². The summed E-state index contributed by atoms with van der Waals surface area (Å²) in [6.45, 7) is 2.13. The fourth-order valence-corrected chi connectivity index (χ4v) is 2.08. The van der Waals surface area contributed by atoms with Gasteiger partial charge in [0, 0.05) is 6.42 Å². The smallest absolute Gasteiger partial charge is 0.161 e. The third kappa shape index (κ3) is 1.20. The standard InChI is InChI=1S/C9H14O2/c1-9-5-2-3-8(11-9)7(10)4-6-9/h8H,2-6H2,1H3/t8-,9+/m0/s1. The molecule has 0 aromatic rings. The quantitative estimate of drug-likeness (QED) is 0.530. The summed E-state index contributed by atoms with van der Waals surface area (Å²) in [5, 5.41) is 0. The largest absolute Gasteiger partial charge is 0.364 e. The van der Waals surface area contributed by atoms with Crippen molar-refractivity contribution < 1.29 is 9.53 Å². The highest BCUT2D eigenvalue weighted by atomic mass is 16.5. The molecule has 2 heterocycles. The van der Waals surface area contributed by atoms with Gasteiger partial charge in [0.15, 0.2) is 5.78 Å². The van der Waals surface area contributed by atoms with Gasteiger partial charge in [-0.1, -0.05) is 0 Å². The van der Waals surface area contributed by atoms with Crippen molar-refractivity contribution in [3.63, 3.8) is 0 Å². The average Bonchev–Trinajstić information content (AvgIpc) is 1.99. The van der Waals surface area contributed by atoms with Crippen LogP contribution in [0.1, 0.15) is 39.0 Å². The molecule has 2 nitrogen and oxygen atoms in total. The van der Waals surface area contributed by atoms with Gasteiger partial charge in [-0.15, -0.1) is 0 Å². The third-order valence-electron chi connectivity index (χ3n) is 2.86. The zero-order chi connectivity index (χ0) is 7.90. The van der Waals surface area contributed by atoms with Gasteiger partial charge in [-0.2, -0.15) is 0 Å². The van der Waals surface area contributed by atoms with Crippen LogP contribution in [0.5, 0.6) is 0 Å². The van der Waals surface area contributed by atoms with Crippen LogP contribution in [0, 0.1) is 0 Å². The molecule has 0 saturated carbocycles. The molecule has 0 radical (unpaired) electrons. The molecule has 2 atom stereocenters. The van der Waals surface area contributed by atoms with E-state index in [1.807, 2.05) is 0 Å². The van der Waals surface area contributed by atoms with Crippen LogP contribution < -0.4 is 0 Å². The molecule has 2 saturated heterocycles. The molecule has 0 aromatic heterocycles. The van der Waals surface area contributed by atoms with Crippen LogP contribution >= 0.6 is 0 Å². The number of hydrogen-bond acceptors (Lipinski definition) is 2. The highest BCUT2D eigenvalue weighted by Crippen LogP contribution is 2.37. The van der Waals surface area contributed by atoms with E-state index in [-0.39, 0.29) is 11.7 Å². The number of fused-ring (bicyclic) bond motifs is 2. The molecule has 2 fully saturated rings. The Balaban J connectivity index is 2.15. The van der Waals surface area contributed by atoms with E-state index < -0.39 is 0 Å². The summed E-state index contributed by atoms with van der Waals surface area (Å²) in [6, 6.07) is 0. The summed E-state index contributed by atoms with van der Waals surface area (Å²) in [7, 11) is 0. The zero-order valence-corrected chi connectivity index (χ0v) is 6.93. The molecule has 11 heavy (non-hydrogen) atoms. The van der Waals surface area contributed by atoms with E-state index >= 15 is 0 Å². The third-order valence-corrected chi connectivity index (χ3v) is 2.86. The number of Topliss-reactive ketones (excluding diaryl/α,β-unsaturated/α-hetero) is 1. The second kappa shape index (κ2) is 2.31. The van der Waals surface area contributed by atoms with Crippen LogP contribution in [-0.4, -0.2) is 17.5 Å². The van der Waals surface area contributed by atoms with E-state index in [0.29, 0.717) is 5.78 Å². The Morgan fingerprint density at radius 2 is 2.36 bits per heavy atom. The van der Waals surface area contributed by atoms with Gasteiger partial charge in [-0.05, 0) is 32.6 Å². The second-order valence-electron chi connectivity index (χ2n) is 3.91. The van der Waals surface area contributed by atoms with E-state index in [0.717, 1.165) is 32.1 Å². The molecule has 2 bridgehead atoms. The highest BCUT2D eigenvalue weighted by Gasteiger charge is 2.40. The first-order valence-corrected chi connectivity index (χ1v) is 4.40. The van der Waals surface area contributed by atoms with Crippen LogP contribution in [0.15, 0.2) is 0 Å². The number of rotatable bonds is 0. The van der Waals surface area contributed by atoms with Crippen molar-refractivity contribution in [3.05, 3.63) is 0 Å². The van der Waals surface area contributed by atoms with E-state index in [9.17, 15) is 4.79 Å². The Hall–Kier alpha value is -0.370. The molecular formula is C9H14O2. The van der Waals surface area contributed by atoms with Crippen molar-refractivity contribution in [1.29, 1.82) is 0 Å². The molecule has 0 aromatic carbocycles. The molecule has 0 N–H and O–H groups in total. The number of carbonyl (C=O) groups is 1. The molecule has 0 unspecified atom stereocenters. The van der Waals surface area contributed by atoms with Gasteiger partial charge in [0.2, 0.25) is 0 Å². The molecule has 2 heteroatoms. The van der Waals surface area contributed by atoms with Crippen LogP contribution in [0.4, 0.5) is 0 Å². The van der Waals surface area contributed by atoms with E-state index in [1.54, 1.807) is 0 Å². The minimum absolute atomic E-state index is 0.0385. The molecule has 2 rings (SSSR count). The van der Waals surface area contributed by atoms with E-state index in [1.165, 1.54) is 0 Å². The summed E-state index contributed by atoms with van der Waals surface area (Å²) in [4.78, 5) is 11.2. The molecule has 2 aliphatic rings. The van der Waals surface area contributed by atoms with E-state index in [2.05, 4.69) is 6.92 Å². The number of ether oxygens (including phenoxy) is 1. The van der Waals surface area contributed by atoms with Gasteiger partial charge >= 0.3 is 0 Å². The van der Waals surface area contributed by atoms with Crippen LogP contribution in [0.25, 0.3) is 0 Å². The lowest BCUT2D eigenvalue weighted by atomic mass is 9.82. The maximum Gasteiger partial charge on any atom is 0.161 e. The molecule has 2 aliphatic heterocycles. The molecule has 62 valence electrons. The summed E-state index contributed by atoms with van der Waals surface area (Å²) < 4.78 is 5.67. The summed E-state index contributed by atoms with van der Waals surface area (Å²) in [6.07, 6.45) is 4.87. The molecular weight excluding hydrogens is 140 g/mol. The zero-order valence-electron chi connectivity index (χ0n) is 6.93. The monoisotopic (exact) mass is 154 g/mol. The Bertz CT molecular complexity index is 188. The van der Waals surface area contributed by atoms with Gasteiger partial charge in [0.25, 0.3) is 0 Å². The SMILES string of the molecule is C[C@]12CCC[C@H](O1)C(=O)CC2. The predicted octanol–water partition coefficient (Wildman–Crippen LogP) is 1.68. The number of hydrogen-bond donors (Lipinski definition) is 0. The maximum atomic E-state index is 11.2. The summed E-state index contributed by atoms with van der Waals surface area (Å²) in [5.74, 6) is 0.321. The first kappa shape index (κ1) is 7.29. The van der Waals surface area contributed by atoms with Crippen molar-refractivity contribution in [2.75, 3.05) is 0 Å². The summed E-state index contributed by atoms with van der Waals surface area (Å²) in [5.41, 5.74) is 0.0385.